The van der Waals surface area contributed by atoms with Crippen LogP contribution in [0.25, 0.3) is 48.1 Å². The van der Waals surface area contributed by atoms with Crippen LogP contribution < -0.4 is 0 Å². The van der Waals surface area contributed by atoms with Gasteiger partial charge in [0.25, 0.3) is 11.4 Å². The van der Waals surface area contributed by atoms with E-state index in [1.165, 1.54) is 12.1 Å². The normalized spacial score (nSPS) is 15.5. The molecule has 0 N–H and O–H groups in total. The number of fused-ring (bicyclic) bond motifs is 2. The van der Waals surface area contributed by atoms with Crippen LogP contribution >= 0.6 is 0 Å². The van der Waals surface area contributed by atoms with Crippen molar-refractivity contribution in [1.82, 2.24) is 19.9 Å². The summed E-state index contributed by atoms with van der Waals surface area (Å²) in [5.41, 5.74) is -0.0442. The molecule has 0 atom stereocenters. The first kappa shape index (κ1) is 24.8. The van der Waals surface area contributed by atoms with Gasteiger partial charge in [-0.1, -0.05) is 6.07 Å². The Hall–Kier alpha value is -6.86. The molecule has 2 aromatic heterocycles. The Morgan fingerprint density at radius 1 is 0.675 bits per heavy atom. The molecule has 2 heterocycles. The van der Waals surface area contributed by atoms with Gasteiger partial charge in [-0.15, -0.1) is 0 Å². The van der Waals surface area contributed by atoms with E-state index < -0.39 is 23.0 Å². The van der Waals surface area contributed by atoms with Crippen molar-refractivity contribution in [2.24, 2.45) is 0 Å². The fourth-order valence-corrected chi connectivity index (χ4v) is 4.52. The van der Waals surface area contributed by atoms with Crippen LogP contribution in [-0.2, 0) is 0 Å². The maximum absolute atomic E-state index is 13.6. The van der Waals surface area contributed by atoms with E-state index in [4.69, 9.17) is 19.7 Å². The molecule has 0 bridgehead atoms. The first-order valence-corrected chi connectivity index (χ1v) is 10.9. The van der Waals surface area contributed by atoms with Crippen LogP contribution in [-0.4, -0.2) is 19.9 Å². The summed E-state index contributed by atoms with van der Waals surface area (Å²) in [5.74, 6) is -1.71. The average Bonchev–Trinajstić information content (AvgIpc) is 3.46. The lowest BCUT2D eigenvalue weighted by atomic mass is 9.93. The van der Waals surface area contributed by atoms with Gasteiger partial charge < -0.3 is 0 Å². The minimum Gasteiger partial charge on any atom is -0.237 e. The van der Waals surface area contributed by atoms with Crippen molar-refractivity contribution in [2.45, 2.75) is 0 Å². The van der Waals surface area contributed by atoms with Crippen molar-refractivity contribution in [2.75, 3.05) is 0 Å². The highest BCUT2D eigenvalue weighted by Crippen LogP contribution is 2.54. The standard InChI is InChI=1S/C28H6F2N10/c1-34-20(7-32)22-16-5-17-18(4-15(16)19(6-31)24(22)27-37-9-13(29)10-38-27)26(36-3)25(23(17)21(8-33)35-2)28-39-11-14(30)12-40-28/h4-5,9-12H/b22-20+,23-21-. The summed E-state index contributed by atoms with van der Waals surface area (Å²) in [4.78, 5) is 26.0. The van der Waals surface area contributed by atoms with Crippen molar-refractivity contribution in [3.63, 3.8) is 0 Å². The quantitative estimate of drug-likeness (QED) is 0.339. The summed E-state index contributed by atoms with van der Waals surface area (Å²) in [6, 6.07) is 8.55. The van der Waals surface area contributed by atoms with Gasteiger partial charge in [-0.25, -0.2) is 53.8 Å². The summed E-state index contributed by atoms with van der Waals surface area (Å²) in [5, 5.41) is 29.7. The maximum Gasteiger partial charge on any atom is 0.270 e. The average molecular weight is 520 g/mol. The second-order valence-electron chi connectivity index (χ2n) is 7.98. The molecule has 2 aliphatic rings. The molecule has 0 saturated heterocycles. The number of nitriles is 3. The molecule has 182 valence electrons. The van der Waals surface area contributed by atoms with Crippen LogP contribution in [0, 0.1) is 65.3 Å². The zero-order valence-corrected chi connectivity index (χ0v) is 19.7. The van der Waals surface area contributed by atoms with Gasteiger partial charge in [-0.3, -0.25) is 0 Å². The third kappa shape index (κ3) is 3.56. The van der Waals surface area contributed by atoms with Crippen molar-refractivity contribution < 1.29 is 8.78 Å². The highest BCUT2D eigenvalue weighted by Gasteiger charge is 2.38. The molecule has 0 fully saturated rings. The number of rotatable bonds is 2. The molecule has 0 amide bonds. The van der Waals surface area contributed by atoms with E-state index in [-0.39, 0.29) is 67.5 Å². The zero-order valence-electron chi connectivity index (χ0n) is 19.7. The minimum atomic E-state index is -0.742. The topological polar surface area (TPSA) is 136 Å². The molecule has 1 aromatic carbocycles. The van der Waals surface area contributed by atoms with Crippen molar-refractivity contribution in [1.29, 1.82) is 15.8 Å². The van der Waals surface area contributed by atoms with E-state index in [1.54, 1.807) is 12.1 Å². The monoisotopic (exact) mass is 520 g/mol. The van der Waals surface area contributed by atoms with Crippen LogP contribution in [0.15, 0.2) is 48.3 Å². The highest BCUT2D eigenvalue weighted by molar-refractivity contribution is 6.28. The van der Waals surface area contributed by atoms with E-state index in [1.807, 2.05) is 6.07 Å². The Bertz CT molecular complexity index is 1880. The third-order valence-electron chi connectivity index (χ3n) is 6.03. The number of nitrogens with zero attached hydrogens (tertiary/aromatic N) is 10. The molecular weight excluding hydrogens is 514 g/mol. The van der Waals surface area contributed by atoms with E-state index in [0.29, 0.717) is 0 Å². The summed E-state index contributed by atoms with van der Waals surface area (Å²) in [6.45, 7) is 23.0. The van der Waals surface area contributed by atoms with Crippen LogP contribution in [0.4, 0.5) is 8.78 Å². The Labute approximate surface area is 224 Å². The van der Waals surface area contributed by atoms with Gasteiger partial charge >= 0.3 is 0 Å². The Morgan fingerprint density at radius 3 is 1.57 bits per heavy atom. The lowest BCUT2D eigenvalue weighted by Crippen LogP contribution is -1.98. The van der Waals surface area contributed by atoms with Crippen molar-refractivity contribution in [3.8, 4) is 18.2 Å². The van der Waals surface area contributed by atoms with Crippen LogP contribution in [0.2, 0.25) is 0 Å². The van der Waals surface area contributed by atoms with Gasteiger partial charge in [-0.05, 0) is 33.9 Å². The van der Waals surface area contributed by atoms with Gasteiger partial charge in [0, 0.05) is 16.7 Å². The minimum absolute atomic E-state index is 0.00133. The number of hydrogen-bond donors (Lipinski definition) is 0. The van der Waals surface area contributed by atoms with Gasteiger partial charge in [-0.2, -0.15) is 5.26 Å². The van der Waals surface area contributed by atoms with E-state index in [0.717, 1.165) is 24.8 Å². The van der Waals surface area contributed by atoms with Crippen molar-refractivity contribution in [3.05, 3.63) is 128 Å². The predicted octanol–water partition coefficient (Wildman–Crippen LogP) is 5.10. The molecule has 0 saturated carbocycles. The predicted molar refractivity (Wildman–Crippen MR) is 135 cm³/mol. The van der Waals surface area contributed by atoms with E-state index in [2.05, 4.69) is 34.5 Å². The van der Waals surface area contributed by atoms with Gasteiger partial charge in [0.05, 0.1) is 62.2 Å². The SMILES string of the molecule is [C-]#[N+]C1=C(c2ncc(F)cn2)/C(=C(/C#N)[N+]#[C-])c2cc3c(cc21)C(C#N)=C(c1ncc(F)cn1)/C3=C(\C#N)[N+]#[C-]. The Kier molecular flexibility index (Phi) is 5.92. The van der Waals surface area contributed by atoms with Gasteiger partial charge in [0.2, 0.25) is 5.70 Å². The second kappa shape index (κ2) is 9.55. The molecule has 0 aliphatic heterocycles. The van der Waals surface area contributed by atoms with E-state index >= 15 is 0 Å². The summed E-state index contributed by atoms with van der Waals surface area (Å²) in [6.07, 6.45) is 3.50. The van der Waals surface area contributed by atoms with Gasteiger partial charge in [0.1, 0.15) is 11.9 Å². The van der Waals surface area contributed by atoms with Gasteiger partial charge in [0.15, 0.2) is 17.5 Å². The van der Waals surface area contributed by atoms with Crippen LogP contribution in [0.1, 0.15) is 33.9 Å². The number of hydrogen-bond acceptors (Lipinski definition) is 7. The molecule has 12 heteroatoms. The second-order valence-corrected chi connectivity index (χ2v) is 7.98. The molecule has 0 unspecified atom stereocenters. The smallest absolute Gasteiger partial charge is 0.237 e. The Morgan fingerprint density at radius 2 is 1.12 bits per heavy atom. The molecule has 5 rings (SSSR count). The highest BCUT2D eigenvalue weighted by atomic mass is 19.1. The first-order chi connectivity index (χ1) is 19.4. The molecule has 0 spiro atoms. The Balaban J connectivity index is 1.93. The number of allylic oxidation sites excluding steroid dienone is 7. The zero-order chi connectivity index (χ0) is 28.6. The lowest BCUT2D eigenvalue weighted by Gasteiger charge is -2.11. The maximum atomic E-state index is 13.6. The number of benzene rings is 1. The summed E-state index contributed by atoms with van der Waals surface area (Å²) >= 11 is 0. The number of halogens is 2. The van der Waals surface area contributed by atoms with Crippen molar-refractivity contribution >= 4 is 33.6 Å². The third-order valence-corrected chi connectivity index (χ3v) is 6.03. The largest absolute Gasteiger partial charge is 0.270 e. The number of aromatic nitrogens is 4. The lowest BCUT2D eigenvalue weighted by molar-refractivity contribution is 0.612. The fraction of sp³-hybridized carbons (Fsp3) is 0. The molecule has 3 aromatic rings. The van der Waals surface area contributed by atoms with E-state index in [9.17, 15) is 24.6 Å². The molecule has 0 radical (unpaired) electrons. The molecular formula is C28H6F2N10. The molecule has 40 heavy (non-hydrogen) atoms. The van der Waals surface area contributed by atoms with Crippen LogP contribution in [0.5, 0.6) is 0 Å². The molecule has 2 aliphatic carbocycles. The van der Waals surface area contributed by atoms with Crippen LogP contribution in [0.3, 0.4) is 0 Å². The summed E-state index contributed by atoms with van der Waals surface area (Å²) in [7, 11) is 0. The fourth-order valence-electron chi connectivity index (χ4n) is 4.52. The molecule has 10 nitrogen and oxygen atoms in total. The first-order valence-electron chi connectivity index (χ1n) is 10.9. The summed E-state index contributed by atoms with van der Waals surface area (Å²) < 4.78 is 27.2.